The monoisotopic (exact) mass is 518 g/mol. The van der Waals surface area contributed by atoms with Gasteiger partial charge in [0.05, 0.1) is 22.7 Å². The first-order valence-corrected chi connectivity index (χ1v) is 14.9. The molecule has 0 bridgehead atoms. The number of rotatable bonds is 2. The van der Waals surface area contributed by atoms with Gasteiger partial charge in [-0.3, -0.25) is 0 Å². The Morgan fingerprint density at radius 1 is 0.282 bits per heavy atom. The first-order valence-electron chi connectivity index (χ1n) is 13.3. The highest BCUT2D eigenvalue weighted by molar-refractivity contribution is 8.34. The molecule has 0 radical (unpaired) electrons. The lowest BCUT2D eigenvalue weighted by Crippen LogP contribution is -2.26. The van der Waals surface area contributed by atoms with Crippen molar-refractivity contribution in [3.8, 4) is 0 Å². The van der Waals surface area contributed by atoms with Gasteiger partial charge in [-0.05, 0) is 72.8 Å². The summed E-state index contributed by atoms with van der Waals surface area (Å²) in [6, 6.07) is 57.7. The van der Waals surface area contributed by atoms with Crippen molar-refractivity contribution in [2.24, 2.45) is 0 Å². The van der Waals surface area contributed by atoms with E-state index in [1.165, 1.54) is 53.7 Å². The Bertz CT molecular complexity index is 1600. The Hall–Kier alpha value is -4.73. The lowest BCUT2D eigenvalue weighted by molar-refractivity contribution is 1.08. The number of hydrogen-bond acceptors (Lipinski definition) is 2. The van der Waals surface area contributed by atoms with Crippen LogP contribution >= 0.6 is 10.0 Å². The number of hydrogen-bond donors (Lipinski definition) is 0. The summed E-state index contributed by atoms with van der Waals surface area (Å²) in [6.45, 7) is 0. The quantitative estimate of drug-likeness (QED) is 0.225. The molecule has 186 valence electrons. The van der Waals surface area contributed by atoms with Crippen LogP contribution in [0.15, 0.2) is 177 Å². The largest absolute Gasteiger partial charge is 0.308 e. The van der Waals surface area contributed by atoms with Gasteiger partial charge in [0, 0.05) is 31.0 Å². The molecule has 0 unspecified atom stereocenters. The number of para-hydroxylation sites is 6. The first-order chi connectivity index (χ1) is 19.4. The molecule has 0 fully saturated rings. The predicted molar refractivity (Wildman–Crippen MR) is 163 cm³/mol. The van der Waals surface area contributed by atoms with E-state index < -0.39 is 10.0 Å². The highest BCUT2D eigenvalue weighted by Gasteiger charge is 2.48. The molecule has 2 aliphatic rings. The summed E-state index contributed by atoms with van der Waals surface area (Å²) in [4.78, 5) is 10.4. The van der Waals surface area contributed by atoms with Gasteiger partial charge >= 0.3 is 0 Å². The second-order valence-corrected chi connectivity index (χ2v) is 12.8. The second kappa shape index (κ2) is 8.65. The fraction of sp³-hybridized carbons (Fsp3) is 0. The molecule has 0 atom stereocenters. The van der Waals surface area contributed by atoms with Crippen LogP contribution in [0.5, 0.6) is 0 Å². The molecule has 1 spiro atoms. The van der Waals surface area contributed by atoms with Crippen molar-refractivity contribution in [1.82, 2.24) is 0 Å². The maximum atomic E-state index is 2.44. The Morgan fingerprint density at radius 2 is 0.538 bits per heavy atom. The van der Waals surface area contributed by atoms with Crippen LogP contribution in [0.1, 0.15) is 0 Å². The van der Waals surface area contributed by atoms with Gasteiger partial charge in [0.2, 0.25) is 0 Å². The highest BCUT2D eigenvalue weighted by Crippen LogP contribution is 2.83. The molecule has 2 nitrogen and oxygen atoms in total. The van der Waals surface area contributed by atoms with E-state index in [-0.39, 0.29) is 0 Å². The minimum atomic E-state index is -1.80. The van der Waals surface area contributed by atoms with E-state index >= 15 is 0 Å². The van der Waals surface area contributed by atoms with Crippen molar-refractivity contribution in [1.29, 1.82) is 0 Å². The van der Waals surface area contributed by atoms with Gasteiger partial charge in [-0.2, -0.15) is 0 Å². The molecule has 2 heterocycles. The summed E-state index contributed by atoms with van der Waals surface area (Å²) in [5.74, 6) is 0. The van der Waals surface area contributed by atoms with Crippen molar-refractivity contribution in [3.63, 3.8) is 0 Å². The van der Waals surface area contributed by atoms with Crippen LogP contribution in [0.4, 0.5) is 34.1 Å². The lowest BCUT2D eigenvalue weighted by Gasteiger charge is -2.54. The van der Waals surface area contributed by atoms with E-state index in [9.17, 15) is 0 Å². The molecule has 39 heavy (non-hydrogen) atoms. The summed E-state index contributed by atoms with van der Waals surface area (Å²) < 4.78 is 0. The normalized spacial score (nSPS) is 15.1. The van der Waals surface area contributed by atoms with E-state index in [1.807, 2.05) is 0 Å². The fourth-order valence-electron chi connectivity index (χ4n) is 6.28. The summed E-state index contributed by atoms with van der Waals surface area (Å²) in [5.41, 5.74) is 7.33. The van der Waals surface area contributed by atoms with Crippen LogP contribution in [0.2, 0.25) is 0 Å². The molecule has 0 N–H and O–H groups in total. The smallest absolute Gasteiger partial charge is 0.0592 e. The third-order valence-electron chi connectivity index (χ3n) is 7.77. The Labute approximate surface area is 230 Å². The van der Waals surface area contributed by atoms with Crippen LogP contribution in [0.3, 0.4) is 0 Å². The third kappa shape index (κ3) is 3.05. The number of nitrogens with zero attached hydrogens (tertiary/aromatic N) is 2. The van der Waals surface area contributed by atoms with Crippen LogP contribution in [0.25, 0.3) is 0 Å². The lowest BCUT2D eigenvalue weighted by atomic mass is 10.1. The second-order valence-electron chi connectivity index (χ2n) is 9.83. The zero-order chi connectivity index (χ0) is 25.8. The maximum absolute atomic E-state index is 2.44. The third-order valence-corrected chi connectivity index (χ3v) is 11.8. The number of benzene rings is 6. The first kappa shape index (κ1) is 22.3. The molecular formula is C36H26N2S. The Morgan fingerprint density at radius 3 is 0.846 bits per heavy atom. The van der Waals surface area contributed by atoms with Gasteiger partial charge < -0.3 is 9.80 Å². The Kier molecular flexibility index (Phi) is 4.94. The van der Waals surface area contributed by atoms with Gasteiger partial charge in [0.1, 0.15) is 0 Å². The molecule has 0 amide bonds. The minimum Gasteiger partial charge on any atom is -0.308 e. The average Bonchev–Trinajstić information content (AvgIpc) is 3.02. The molecule has 0 aromatic heterocycles. The van der Waals surface area contributed by atoms with Crippen molar-refractivity contribution in [2.45, 2.75) is 19.6 Å². The van der Waals surface area contributed by atoms with Crippen LogP contribution in [0, 0.1) is 0 Å². The molecule has 0 saturated carbocycles. The Balaban J connectivity index is 1.53. The summed E-state index contributed by atoms with van der Waals surface area (Å²) in [5, 5.41) is 0. The van der Waals surface area contributed by atoms with Gasteiger partial charge in [-0.1, -0.05) is 84.9 Å². The van der Waals surface area contributed by atoms with Crippen LogP contribution in [-0.2, 0) is 0 Å². The molecule has 3 heteroatoms. The van der Waals surface area contributed by atoms with Gasteiger partial charge in [0.25, 0.3) is 0 Å². The van der Waals surface area contributed by atoms with Crippen molar-refractivity contribution in [3.05, 3.63) is 158 Å². The molecule has 0 aliphatic carbocycles. The van der Waals surface area contributed by atoms with Gasteiger partial charge in [0.15, 0.2) is 0 Å². The number of anilines is 6. The summed E-state index contributed by atoms with van der Waals surface area (Å²) in [6.07, 6.45) is 0. The van der Waals surface area contributed by atoms with Gasteiger partial charge in [-0.25, -0.2) is 0 Å². The topological polar surface area (TPSA) is 6.48 Å². The molecule has 6 aromatic rings. The highest BCUT2D eigenvalue weighted by atomic mass is 32.3. The number of fused-ring (bicyclic) bond motifs is 8. The summed E-state index contributed by atoms with van der Waals surface area (Å²) >= 11 is 0. The van der Waals surface area contributed by atoms with Crippen molar-refractivity contribution >= 4 is 44.2 Å². The molecular weight excluding hydrogens is 492 g/mol. The van der Waals surface area contributed by atoms with E-state index in [0.717, 1.165) is 0 Å². The fourth-order valence-corrected chi connectivity index (χ4v) is 10.7. The van der Waals surface area contributed by atoms with Crippen LogP contribution in [-0.4, -0.2) is 0 Å². The van der Waals surface area contributed by atoms with Crippen molar-refractivity contribution < 1.29 is 0 Å². The molecule has 0 saturated heterocycles. The van der Waals surface area contributed by atoms with Gasteiger partial charge in [-0.15, -0.1) is 10.0 Å². The minimum absolute atomic E-state index is 1.18. The molecule has 6 aromatic carbocycles. The zero-order valence-electron chi connectivity index (χ0n) is 21.3. The molecule has 8 rings (SSSR count). The van der Waals surface area contributed by atoms with Crippen molar-refractivity contribution in [2.75, 3.05) is 9.80 Å². The predicted octanol–water partition coefficient (Wildman–Crippen LogP) is 10.6. The van der Waals surface area contributed by atoms with Crippen LogP contribution < -0.4 is 9.80 Å². The van der Waals surface area contributed by atoms with E-state index in [2.05, 4.69) is 168 Å². The average molecular weight is 519 g/mol. The molecule has 2 aliphatic heterocycles. The van der Waals surface area contributed by atoms with E-state index in [0.29, 0.717) is 0 Å². The van der Waals surface area contributed by atoms with E-state index in [1.54, 1.807) is 0 Å². The standard InChI is InChI=1S/C36H26N2S/c1-3-15-27(16-4-1)37-29-19-7-11-23-33(29)39(34-24-12-8-20-30(34)37)35-25-13-9-21-31(35)38(28-17-5-2-6-18-28)32-22-10-14-26-36(32)39/h1-26H. The zero-order valence-corrected chi connectivity index (χ0v) is 22.1. The van der Waals surface area contributed by atoms with E-state index in [4.69, 9.17) is 0 Å². The maximum Gasteiger partial charge on any atom is 0.0592 e. The SMILES string of the molecule is c1ccc(N2c3ccccc3S3(c4ccccc42)c2ccccc2N(c2ccccc2)c2ccccc23)cc1. The summed E-state index contributed by atoms with van der Waals surface area (Å²) in [7, 11) is -1.80.